The molecule has 1 aromatic carbocycles. The summed E-state index contributed by atoms with van der Waals surface area (Å²) in [6.45, 7) is 5.34. The Kier molecular flexibility index (Phi) is 4.49. The van der Waals surface area contributed by atoms with E-state index in [1.165, 1.54) is 18.4 Å². The van der Waals surface area contributed by atoms with Crippen LogP contribution in [0.1, 0.15) is 26.7 Å². The van der Waals surface area contributed by atoms with Crippen LogP contribution in [-0.4, -0.2) is 39.4 Å². The average Bonchev–Trinajstić information content (AvgIpc) is 2.39. The van der Waals surface area contributed by atoms with Crippen molar-refractivity contribution in [3.05, 3.63) is 18.2 Å². The van der Waals surface area contributed by atoms with E-state index < -0.39 is 10.0 Å². The fourth-order valence-electron chi connectivity index (χ4n) is 2.97. The van der Waals surface area contributed by atoms with Crippen LogP contribution >= 0.6 is 0 Å². The first-order chi connectivity index (χ1) is 9.75. The molecule has 0 aliphatic carbocycles. The number of hydrogen-bond donors (Lipinski definition) is 1. The van der Waals surface area contributed by atoms with E-state index in [4.69, 9.17) is 5.73 Å². The molecule has 1 aliphatic rings. The summed E-state index contributed by atoms with van der Waals surface area (Å²) >= 11 is 0. The van der Waals surface area contributed by atoms with E-state index in [0.717, 1.165) is 25.1 Å². The zero-order valence-corrected chi connectivity index (χ0v) is 14.0. The number of nitrogen functional groups attached to an aromatic ring is 1. The summed E-state index contributed by atoms with van der Waals surface area (Å²) in [5.41, 5.74) is 7.37. The van der Waals surface area contributed by atoms with Crippen molar-refractivity contribution < 1.29 is 8.42 Å². The van der Waals surface area contributed by atoms with Crippen molar-refractivity contribution in [3.63, 3.8) is 0 Å². The molecule has 1 aliphatic heterocycles. The van der Waals surface area contributed by atoms with E-state index in [9.17, 15) is 8.42 Å². The Labute approximate surface area is 127 Å². The van der Waals surface area contributed by atoms with Gasteiger partial charge in [0.05, 0.1) is 11.4 Å². The van der Waals surface area contributed by atoms with Gasteiger partial charge in [0.15, 0.2) is 0 Å². The van der Waals surface area contributed by atoms with Crippen LogP contribution in [0.25, 0.3) is 0 Å². The Morgan fingerprint density at radius 2 is 1.95 bits per heavy atom. The van der Waals surface area contributed by atoms with Gasteiger partial charge in [0, 0.05) is 26.7 Å². The SMILES string of the molecule is CC1CCN(c2cccc(S(=O)(=O)N(C)C)c2N)C(C)C1. The summed E-state index contributed by atoms with van der Waals surface area (Å²) in [4.78, 5) is 2.42. The molecular formula is C15H25N3O2S. The molecule has 0 aromatic heterocycles. The standard InChI is InChI=1S/C15H25N3O2S/c1-11-8-9-18(12(2)10-11)13-6-5-7-14(15(13)16)21(19,20)17(3)4/h5-7,11-12H,8-10,16H2,1-4H3. The van der Waals surface area contributed by atoms with Crippen LogP contribution in [0.4, 0.5) is 11.4 Å². The lowest BCUT2D eigenvalue weighted by atomic mass is 9.93. The Hall–Kier alpha value is -1.27. The van der Waals surface area contributed by atoms with Crippen LogP contribution in [0.15, 0.2) is 23.1 Å². The number of para-hydroxylation sites is 1. The Bertz CT molecular complexity index is 613. The van der Waals surface area contributed by atoms with Crippen LogP contribution in [-0.2, 0) is 10.0 Å². The lowest BCUT2D eigenvalue weighted by Crippen LogP contribution is -2.40. The van der Waals surface area contributed by atoms with Gasteiger partial charge in [-0.3, -0.25) is 0 Å². The van der Waals surface area contributed by atoms with Gasteiger partial charge >= 0.3 is 0 Å². The zero-order chi connectivity index (χ0) is 15.8. The maximum atomic E-state index is 12.3. The summed E-state index contributed by atoms with van der Waals surface area (Å²) in [5.74, 6) is 0.700. The van der Waals surface area contributed by atoms with Gasteiger partial charge in [0.2, 0.25) is 10.0 Å². The monoisotopic (exact) mass is 311 g/mol. The predicted molar refractivity (Wildman–Crippen MR) is 86.9 cm³/mol. The van der Waals surface area contributed by atoms with Gasteiger partial charge < -0.3 is 10.6 Å². The van der Waals surface area contributed by atoms with E-state index >= 15 is 0 Å². The molecule has 2 atom stereocenters. The molecule has 0 radical (unpaired) electrons. The number of benzene rings is 1. The number of hydrogen-bond acceptors (Lipinski definition) is 4. The van der Waals surface area contributed by atoms with Gasteiger partial charge in [-0.2, -0.15) is 0 Å². The Balaban J connectivity index is 2.44. The molecule has 1 fully saturated rings. The van der Waals surface area contributed by atoms with Crippen LogP contribution in [0, 0.1) is 5.92 Å². The summed E-state index contributed by atoms with van der Waals surface area (Å²) in [6.07, 6.45) is 2.21. The second-order valence-corrected chi connectivity index (χ2v) is 8.27. The molecule has 0 amide bonds. The molecule has 1 heterocycles. The normalized spacial score (nSPS) is 23.6. The van der Waals surface area contributed by atoms with Crippen molar-refractivity contribution in [2.45, 2.75) is 37.6 Å². The zero-order valence-electron chi connectivity index (χ0n) is 13.2. The third kappa shape index (κ3) is 3.01. The van der Waals surface area contributed by atoms with Gasteiger partial charge in [-0.25, -0.2) is 12.7 Å². The maximum absolute atomic E-state index is 12.3. The second kappa shape index (κ2) is 5.85. The molecule has 0 spiro atoms. The molecule has 0 bridgehead atoms. The number of rotatable bonds is 3. The maximum Gasteiger partial charge on any atom is 0.244 e. The van der Waals surface area contributed by atoms with Gasteiger partial charge in [-0.05, 0) is 37.8 Å². The summed E-state index contributed by atoms with van der Waals surface area (Å²) in [7, 11) is -0.474. The molecule has 2 rings (SSSR count). The van der Waals surface area contributed by atoms with Crippen molar-refractivity contribution in [1.82, 2.24) is 4.31 Å². The highest BCUT2D eigenvalue weighted by Gasteiger charge is 2.27. The molecule has 0 saturated carbocycles. The highest BCUT2D eigenvalue weighted by molar-refractivity contribution is 7.89. The first-order valence-corrected chi connectivity index (χ1v) is 8.76. The molecule has 2 N–H and O–H groups in total. The highest BCUT2D eigenvalue weighted by Crippen LogP contribution is 2.35. The molecule has 2 unspecified atom stereocenters. The highest BCUT2D eigenvalue weighted by atomic mass is 32.2. The van der Waals surface area contributed by atoms with E-state index in [1.807, 2.05) is 6.07 Å². The van der Waals surface area contributed by atoms with Gasteiger partial charge in [-0.1, -0.05) is 13.0 Å². The third-order valence-corrected chi connectivity index (χ3v) is 6.12. The molecule has 1 saturated heterocycles. The van der Waals surface area contributed by atoms with Crippen molar-refractivity contribution in [2.24, 2.45) is 5.92 Å². The number of anilines is 2. The average molecular weight is 311 g/mol. The molecule has 21 heavy (non-hydrogen) atoms. The molecule has 1 aromatic rings. The number of nitrogens with two attached hydrogens (primary N) is 1. The minimum atomic E-state index is -3.52. The number of piperidine rings is 1. The van der Waals surface area contributed by atoms with E-state index in [-0.39, 0.29) is 4.90 Å². The van der Waals surface area contributed by atoms with Gasteiger partial charge in [0.1, 0.15) is 4.90 Å². The lowest BCUT2D eigenvalue weighted by Gasteiger charge is -2.39. The lowest BCUT2D eigenvalue weighted by molar-refractivity contribution is 0.378. The summed E-state index contributed by atoms with van der Waals surface area (Å²) < 4.78 is 25.9. The van der Waals surface area contributed by atoms with Crippen molar-refractivity contribution in [3.8, 4) is 0 Å². The van der Waals surface area contributed by atoms with Crippen LogP contribution in [0.2, 0.25) is 0 Å². The van der Waals surface area contributed by atoms with Crippen molar-refractivity contribution >= 4 is 21.4 Å². The molecular weight excluding hydrogens is 286 g/mol. The van der Waals surface area contributed by atoms with Crippen LogP contribution < -0.4 is 10.6 Å². The quantitative estimate of drug-likeness (QED) is 0.869. The van der Waals surface area contributed by atoms with Gasteiger partial charge in [0.25, 0.3) is 0 Å². The molecule has 118 valence electrons. The number of nitrogens with zero attached hydrogens (tertiary/aromatic N) is 2. The summed E-state index contributed by atoms with van der Waals surface area (Å²) in [6, 6.07) is 5.63. The fourth-order valence-corrected chi connectivity index (χ4v) is 4.00. The second-order valence-electron chi connectivity index (χ2n) is 6.15. The van der Waals surface area contributed by atoms with E-state index in [2.05, 4.69) is 18.7 Å². The first kappa shape index (κ1) is 16.1. The summed E-state index contributed by atoms with van der Waals surface area (Å²) in [5, 5.41) is 0. The smallest absolute Gasteiger partial charge is 0.244 e. The minimum Gasteiger partial charge on any atom is -0.396 e. The van der Waals surface area contributed by atoms with E-state index in [1.54, 1.807) is 12.1 Å². The molecule has 6 heteroatoms. The van der Waals surface area contributed by atoms with E-state index in [0.29, 0.717) is 17.6 Å². The Morgan fingerprint density at radius 1 is 1.29 bits per heavy atom. The predicted octanol–water partition coefficient (Wildman–Crippen LogP) is 2.14. The van der Waals surface area contributed by atoms with Crippen molar-refractivity contribution in [1.29, 1.82) is 0 Å². The van der Waals surface area contributed by atoms with Crippen LogP contribution in [0.5, 0.6) is 0 Å². The van der Waals surface area contributed by atoms with Crippen molar-refractivity contribution in [2.75, 3.05) is 31.3 Å². The van der Waals surface area contributed by atoms with Gasteiger partial charge in [-0.15, -0.1) is 0 Å². The first-order valence-electron chi connectivity index (χ1n) is 7.32. The minimum absolute atomic E-state index is 0.191. The van der Waals surface area contributed by atoms with Crippen LogP contribution in [0.3, 0.4) is 0 Å². The molecule has 5 nitrogen and oxygen atoms in total. The largest absolute Gasteiger partial charge is 0.396 e. The topological polar surface area (TPSA) is 66.6 Å². The number of sulfonamides is 1. The third-order valence-electron chi connectivity index (χ3n) is 4.25. The Morgan fingerprint density at radius 3 is 2.52 bits per heavy atom. The fraction of sp³-hybridized carbons (Fsp3) is 0.600.